The van der Waals surface area contributed by atoms with Crippen LogP contribution in [0.1, 0.15) is 5.56 Å². The molecule has 4 aromatic rings. The van der Waals surface area contributed by atoms with Crippen molar-refractivity contribution in [3.8, 4) is 11.3 Å². The summed E-state index contributed by atoms with van der Waals surface area (Å²) in [6.07, 6.45) is 6.71. The summed E-state index contributed by atoms with van der Waals surface area (Å²) in [5.41, 5.74) is 2.98. The molecule has 0 bridgehead atoms. The van der Waals surface area contributed by atoms with Gasteiger partial charge >= 0.3 is 0 Å². The molecule has 0 unspecified atom stereocenters. The Balaban J connectivity index is 1.44. The Bertz CT molecular complexity index is 1210. The van der Waals surface area contributed by atoms with Gasteiger partial charge in [0, 0.05) is 31.5 Å². The predicted octanol–water partition coefficient (Wildman–Crippen LogP) is 1.51. The lowest BCUT2D eigenvalue weighted by molar-refractivity contribution is -0.121. The molecule has 0 aliphatic carbocycles. The molecule has 4 rings (SSSR count). The van der Waals surface area contributed by atoms with E-state index in [0.717, 1.165) is 16.8 Å². The summed E-state index contributed by atoms with van der Waals surface area (Å²) < 4.78 is 3.02. The van der Waals surface area contributed by atoms with Gasteiger partial charge in [0.25, 0.3) is 5.56 Å². The summed E-state index contributed by atoms with van der Waals surface area (Å²) in [6, 6.07) is 10.8. The molecule has 3 aromatic heterocycles. The SMILES string of the molecule is Cn1cc(-c2cc(CNC(=O)Cn3cnc4ccccc4c3=O)ccn2)cn1. The Kier molecular flexibility index (Phi) is 4.67. The van der Waals surface area contributed by atoms with Crippen LogP contribution < -0.4 is 10.9 Å². The van der Waals surface area contributed by atoms with Crippen LogP contribution >= 0.6 is 0 Å². The molecular weight excluding hydrogens is 356 g/mol. The van der Waals surface area contributed by atoms with Gasteiger partial charge in [-0.15, -0.1) is 0 Å². The number of benzene rings is 1. The number of nitrogens with one attached hydrogen (secondary N) is 1. The maximum absolute atomic E-state index is 12.5. The molecule has 0 saturated heterocycles. The zero-order chi connectivity index (χ0) is 19.5. The number of aryl methyl sites for hydroxylation is 1. The molecule has 0 aliphatic heterocycles. The minimum atomic E-state index is -0.265. The molecule has 0 aliphatic rings. The fraction of sp³-hybridized carbons (Fsp3) is 0.150. The molecule has 0 spiro atoms. The van der Waals surface area contributed by atoms with Gasteiger partial charge in [-0.3, -0.25) is 23.8 Å². The topological polar surface area (TPSA) is 94.7 Å². The molecule has 1 aromatic carbocycles. The highest BCUT2D eigenvalue weighted by Crippen LogP contribution is 2.16. The third-order valence-electron chi connectivity index (χ3n) is 4.36. The molecule has 1 N–H and O–H groups in total. The highest BCUT2D eigenvalue weighted by molar-refractivity contribution is 5.78. The fourth-order valence-electron chi connectivity index (χ4n) is 2.93. The van der Waals surface area contributed by atoms with Crippen molar-refractivity contribution in [1.29, 1.82) is 0 Å². The lowest BCUT2D eigenvalue weighted by Crippen LogP contribution is -2.32. The summed E-state index contributed by atoms with van der Waals surface area (Å²) in [5.74, 6) is -0.265. The van der Waals surface area contributed by atoms with Crippen LogP contribution in [0.25, 0.3) is 22.2 Å². The van der Waals surface area contributed by atoms with Crippen molar-refractivity contribution in [1.82, 2.24) is 29.6 Å². The van der Waals surface area contributed by atoms with E-state index in [0.29, 0.717) is 17.4 Å². The van der Waals surface area contributed by atoms with Crippen LogP contribution in [0.15, 0.2) is 66.1 Å². The highest BCUT2D eigenvalue weighted by Gasteiger charge is 2.09. The molecule has 28 heavy (non-hydrogen) atoms. The summed E-state index contributed by atoms with van der Waals surface area (Å²) in [7, 11) is 1.84. The summed E-state index contributed by atoms with van der Waals surface area (Å²) >= 11 is 0. The van der Waals surface area contributed by atoms with E-state index in [1.54, 1.807) is 35.3 Å². The molecule has 3 heterocycles. The van der Waals surface area contributed by atoms with Crippen molar-refractivity contribution in [2.24, 2.45) is 7.05 Å². The predicted molar refractivity (Wildman–Crippen MR) is 104 cm³/mol. The van der Waals surface area contributed by atoms with Crippen molar-refractivity contribution in [3.63, 3.8) is 0 Å². The van der Waals surface area contributed by atoms with Crippen LogP contribution in [-0.2, 0) is 24.9 Å². The zero-order valence-electron chi connectivity index (χ0n) is 15.2. The molecule has 1 amide bonds. The Morgan fingerprint density at radius 3 is 2.86 bits per heavy atom. The number of hydrogen-bond acceptors (Lipinski definition) is 5. The number of hydrogen-bond donors (Lipinski definition) is 1. The Morgan fingerprint density at radius 1 is 1.18 bits per heavy atom. The first-order chi connectivity index (χ1) is 13.6. The molecule has 0 saturated carbocycles. The maximum Gasteiger partial charge on any atom is 0.261 e. The third kappa shape index (κ3) is 3.66. The first kappa shape index (κ1) is 17.6. The third-order valence-corrected chi connectivity index (χ3v) is 4.36. The standard InChI is InChI=1S/C20H18N6O2/c1-25-11-15(10-24-25)18-8-14(6-7-21-18)9-22-19(27)12-26-13-23-17-5-3-2-4-16(17)20(26)28/h2-8,10-11,13H,9,12H2,1H3,(H,22,27). The Hall–Kier alpha value is -3.81. The Morgan fingerprint density at radius 2 is 2.04 bits per heavy atom. The summed E-state index contributed by atoms with van der Waals surface area (Å²) in [6.45, 7) is 0.252. The van der Waals surface area contributed by atoms with Gasteiger partial charge in [-0.1, -0.05) is 12.1 Å². The van der Waals surface area contributed by atoms with Gasteiger partial charge in [0.05, 0.1) is 29.1 Å². The highest BCUT2D eigenvalue weighted by atomic mass is 16.2. The minimum Gasteiger partial charge on any atom is -0.350 e. The average Bonchev–Trinajstić information content (AvgIpc) is 3.15. The van der Waals surface area contributed by atoms with E-state index in [1.165, 1.54) is 10.9 Å². The van der Waals surface area contributed by atoms with E-state index in [-0.39, 0.29) is 18.0 Å². The van der Waals surface area contributed by atoms with E-state index >= 15 is 0 Å². The molecule has 140 valence electrons. The van der Waals surface area contributed by atoms with Gasteiger partial charge in [0.1, 0.15) is 6.54 Å². The van der Waals surface area contributed by atoms with E-state index in [4.69, 9.17) is 0 Å². The van der Waals surface area contributed by atoms with E-state index in [2.05, 4.69) is 20.4 Å². The van der Waals surface area contributed by atoms with Crippen LogP contribution in [0.5, 0.6) is 0 Å². The van der Waals surface area contributed by atoms with Crippen molar-refractivity contribution >= 4 is 16.8 Å². The molecule has 8 nitrogen and oxygen atoms in total. The van der Waals surface area contributed by atoms with Crippen LogP contribution in [0.3, 0.4) is 0 Å². The summed E-state index contributed by atoms with van der Waals surface area (Å²) in [4.78, 5) is 33.3. The van der Waals surface area contributed by atoms with Gasteiger partial charge in [0.15, 0.2) is 0 Å². The number of para-hydroxylation sites is 1. The smallest absolute Gasteiger partial charge is 0.261 e. The average molecular weight is 374 g/mol. The van der Waals surface area contributed by atoms with Crippen molar-refractivity contribution in [3.05, 3.63) is 77.2 Å². The van der Waals surface area contributed by atoms with E-state index < -0.39 is 0 Å². The van der Waals surface area contributed by atoms with Crippen molar-refractivity contribution in [2.75, 3.05) is 0 Å². The number of carbonyl (C=O) groups excluding carboxylic acids is 1. The monoisotopic (exact) mass is 374 g/mol. The van der Waals surface area contributed by atoms with Crippen molar-refractivity contribution < 1.29 is 4.79 Å². The minimum absolute atomic E-state index is 0.0861. The first-order valence-corrected chi connectivity index (χ1v) is 8.75. The van der Waals surface area contributed by atoms with Gasteiger partial charge in [-0.05, 0) is 29.8 Å². The van der Waals surface area contributed by atoms with Gasteiger partial charge in [-0.25, -0.2) is 4.98 Å². The van der Waals surface area contributed by atoms with E-state index in [9.17, 15) is 9.59 Å². The van der Waals surface area contributed by atoms with Gasteiger partial charge in [-0.2, -0.15) is 5.10 Å². The van der Waals surface area contributed by atoms with Gasteiger partial charge in [0.2, 0.25) is 5.91 Å². The second kappa shape index (κ2) is 7.43. The zero-order valence-corrected chi connectivity index (χ0v) is 15.2. The fourth-order valence-corrected chi connectivity index (χ4v) is 2.93. The quantitative estimate of drug-likeness (QED) is 0.571. The summed E-state index contributed by atoms with van der Waals surface area (Å²) in [5, 5.41) is 7.47. The molecule has 0 fully saturated rings. The van der Waals surface area contributed by atoms with E-state index in [1.807, 2.05) is 31.4 Å². The van der Waals surface area contributed by atoms with Crippen LogP contribution in [0.4, 0.5) is 0 Å². The molecule has 0 radical (unpaired) electrons. The number of pyridine rings is 1. The Labute approximate surface area is 160 Å². The van der Waals surface area contributed by atoms with Crippen LogP contribution in [0.2, 0.25) is 0 Å². The second-order valence-electron chi connectivity index (χ2n) is 6.42. The number of fused-ring (bicyclic) bond motifs is 1. The maximum atomic E-state index is 12.5. The number of carbonyl (C=O) groups is 1. The molecule has 8 heteroatoms. The lowest BCUT2D eigenvalue weighted by Gasteiger charge is -2.08. The first-order valence-electron chi connectivity index (χ1n) is 8.75. The largest absolute Gasteiger partial charge is 0.350 e. The normalized spacial score (nSPS) is 10.9. The lowest BCUT2D eigenvalue weighted by atomic mass is 10.1. The van der Waals surface area contributed by atoms with Crippen molar-refractivity contribution in [2.45, 2.75) is 13.1 Å². The van der Waals surface area contributed by atoms with Gasteiger partial charge < -0.3 is 5.32 Å². The number of aromatic nitrogens is 5. The second-order valence-corrected chi connectivity index (χ2v) is 6.42. The van der Waals surface area contributed by atoms with Crippen LogP contribution in [0, 0.1) is 0 Å². The number of rotatable bonds is 5. The van der Waals surface area contributed by atoms with Crippen LogP contribution in [-0.4, -0.2) is 30.2 Å². The number of amides is 1. The number of nitrogens with zero attached hydrogens (tertiary/aromatic N) is 5. The molecular formula is C20H18N6O2. The molecule has 0 atom stereocenters.